The molecule has 28 heavy (non-hydrogen) atoms. The average molecular weight is 378 g/mol. The molecule has 0 saturated heterocycles. The van der Waals surface area contributed by atoms with Crippen LogP contribution in [0.5, 0.6) is 5.75 Å². The molecule has 0 fully saturated rings. The standard InChI is InChI=1S/C22H26N4O2/c1-15(2)28-21-10-6-7-17(12-21)16(3)24-22(27)18-8-5-9-19(11-18)25-20-13-23-26(4)14-20/h5-16,25H,1-4H3,(H,24,27). The van der Waals surface area contributed by atoms with Crippen molar-refractivity contribution in [2.75, 3.05) is 5.32 Å². The lowest BCUT2D eigenvalue weighted by molar-refractivity contribution is 0.0939. The van der Waals surface area contributed by atoms with Crippen molar-refractivity contribution in [2.45, 2.75) is 32.9 Å². The maximum atomic E-state index is 12.7. The predicted molar refractivity (Wildman–Crippen MR) is 111 cm³/mol. The first-order valence-corrected chi connectivity index (χ1v) is 9.34. The van der Waals surface area contributed by atoms with Crippen LogP contribution in [0.2, 0.25) is 0 Å². The molecule has 1 aromatic heterocycles. The third kappa shape index (κ3) is 5.13. The zero-order valence-electron chi connectivity index (χ0n) is 16.6. The van der Waals surface area contributed by atoms with Crippen molar-refractivity contribution in [1.29, 1.82) is 0 Å². The van der Waals surface area contributed by atoms with Crippen LogP contribution in [0.15, 0.2) is 60.9 Å². The van der Waals surface area contributed by atoms with Crippen molar-refractivity contribution in [3.8, 4) is 5.75 Å². The highest BCUT2D eigenvalue weighted by Crippen LogP contribution is 2.21. The van der Waals surface area contributed by atoms with Gasteiger partial charge in [0.25, 0.3) is 5.91 Å². The minimum Gasteiger partial charge on any atom is -0.491 e. The van der Waals surface area contributed by atoms with E-state index in [0.717, 1.165) is 22.7 Å². The van der Waals surface area contributed by atoms with Crippen molar-refractivity contribution in [3.05, 3.63) is 72.1 Å². The summed E-state index contributed by atoms with van der Waals surface area (Å²) in [6.45, 7) is 5.94. The van der Waals surface area contributed by atoms with E-state index >= 15 is 0 Å². The number of rotatable bonds is 7. The molecular weight excluding hydrogens is 352 g/mol. The number of benzene rings is 2. The van der Waals surface area contributed by atoms with Gasteiger partial charge in [0.1, 0.15) is 5.75 Å². The Morgan fingerprint density at radius 2 is 1.86 bits per heavy atom. The fraction of sp³-hybridized carbons (Fsp3) is 0.273. The molecule has 0 aliphatic heterocycles. The van der Waals surface area contributed by atoms with Gasteiger partial charge in [0.15, 0.2) is 0 Å². The second-order valence-corrected chi connectivity index (χ2v) is 7.04. The van der Waals surface area contributed by atoms with Crippen molar-refractivity contribution >= 4 is 17.3 Å². The van der Waals surface area contributed by atoms with Gasteiger partial charge in [0.2, 0.25) is 0 Å². The van der Waals surface area contributed by atoms with E-state index in [1.807, 2.05) is 76.5 Å². The zero-order chi connectivity index (χ0) is 20.1. The molecular formula is C22H26N4O2. The van der Waals surface area contributed by atoms with Crippen molar-refractivity contribution in [2.24, 2.45) is 7.05 Å². The number of carbonyl (C=O) groups is 1. The number of carbonyl (C=O) groups excluding carboxylic acids is 1. The lowest BCUT2D eigenvalue weighted by atomic mass is 10.1. The molecule has 1 unspecified atom stereocenters. The minimum atomic E-state index is -0.141. The largest absolute Gasteiger partial charge is 0.491 e. The van der Waals surface area contributed by atoms with Gasteiger partial charge >= 0.3 is 0 Å². The summed E-state index contributed by atoms with van der Waals surface area (Å²) in [4.78, 5) is 12.7. The van der Waals surface area contributed by atoms with Gasteiger partial charge in [0.05, 0.1) is 24.0 Å². The lowest BCUT2D eigenvalue weighted by Gasteiger charge is -2.17. The summed E-state index contributed by atoms with van der Waals surface area (Å²) in [6, 6.07) is 15.1. The molecule has 2 aromatic carbocycles. The van der Waals surface area contributed by atoms with E-state index in [1.54, 1.807) is 16.9 Å². The molecule has 3 rings (SSSR count). The number of nitrogens with zero attached hydrogens (tertiary/aromatic N) is 2. The quantitative estimate of drug-likeness (QED) is 0.638. The lowest BCUT2D eigenvalue weighted by Crippen LogP contribution is -2.26. The van der Waals surface area contributed by atoms with Gasteiger partial charge in [-0.15, -0.1) is 0 Å². The van der Waals surface area contributed by atoms with E-state index in [-0.39, 0.29) is 18.1 Å². The summed E-state index contributed by atoms with van der Waals surface area (Å²) in [6.07, 6.45) is 3.72. The van der Waals surface area contributed by atoms with E-state index in [1.165, 1.54) is 0 Å². The van der Waals surface area contributed by atoms with Gasteiger partial charge in [-0.05, 0) is 56.7 Å². The Hall–Kier alpha value is -3.28. The predicted octanol–water partition coefficient (Wildman–Crippen LogP) is 4.44. The molecule has 0 bridgehead atoms. The summed E-state index contributed by atoms with van der Waals surface area (Å²) < 4.78 is 7.46. The highest BCUT2D eigenvalue weighted by molar-refractivity contribution is 5.95. The first-order chi connectivity index (χ1) is 13.4. The Morgan fingerprint density at radius 3 is 2.57 bits per heavy atom. The minimum absolute atomic E-state index is 0.107. The first kappa shape index (κ1) is 19.5. The third-order valence-corrected chi connectivity index (χ3v) is 4.20. The van der Waals surface area contributed by atoms with Gasteiger partial charge in [-0.25, -0.2) is 0 Å². The molecule has 0 aliphatic rings. The van der Waals surface area contributed by atoms with Gasteiger partial charge in [0, 0.05) is 24.5 Å². The molecule has 6 nitrogen and oxygen atoms in total. The van der Waals surface area contributed by atoms with Crippen LogP contribution in [0, 0.1) is 0 Å². The SMILES string of the molecule is CC(C)Oc1cccc(C(C)NC(=O)c2cccc(Nc3cnn(C)c3)c2)c1. The molecule has 1 atom stereocenters. The van der Waals surface area contributed by atoms with Crippen LogP contribution in [0.3, 0.4) is 0 Å². The van der Waals surface area contributed by atoms with E-state index in [0.29, 0.717) is 5.56 Å². The van der Waals surface area contributed by atoms with Gasteiger partial charge in [-0.3, -0.25) is 9.48 Å². The van der Waals surface area contributed by atoms with E-state index in [4.69, 9.17) is 4.74 Å². The van der Waals surface area contributed by atoms with Crippen LogP contribution in [0.25, 0.3) is 0 Å². The molecule has 0 radical (unpaired) electrons. The fourth-order valence-corrected chi connectivity index (χ4v) is 2.88. The molecule has 0 aliphatic carbocycles. The van der Waals surface area contributed by atoms with Crippen molar-refractivity contribution in [1.82, 2.24) is 15.1 Å². The number of hydrogen-bond donors (Lipinski definition) is 2. The Morgan fingerprint density at radius 1 is 1.07 bits per heavy atom. The monoisotopic (exact) mass is 378 g/mol. The summed E-state index contributed by atoms with van der Waals surface area (Å²) in [5, 5.41) is 10.4. The highest BCUT2D eigenvalue weighted by Gasteiger charge is 2.13. The number of aromatic nitrogens is 2. The molecule has 1 heterocycles. The molecule has 2 N–H and O–H groups in total. The Labute approximate surface area is 165 Å². The summed E-state index contributed by atoms with van der Waals surface area (Å²) >= 11 is 0. The summed E-state index contributed by atoms with van der Waals surface area (Å²) in [5.74, 6) is 0.675. The summed E-state index contributed by atoms with van der Waals surface area (Å²) in [7, 11) is 1.86. The molecule has 0 spiro atoms. The average Bonchev–Trinajstić information content (AvgIpc) is 3.06. The number of ether oxygens (including phenoxy) is 1. The Balaban J connectivity index is 1.68. The number of hydrogen-bond acceptors (Lipinski definition) is 4. The van der Waals surface area contributed by atoms with Crippen LogP contribution in [-0.4, -0.2) is 21.8 Å². The zero-order valence-corrected chi connectivity index (χ0v) is 16.6. The maximum Gasteiger partial charge on any atom is 0.251 e. The van der Waals surface area contributed by atoms with E-state index in [2.05, 4.69) is 15.7 Å². The molecule has 0 saturated carbocycles. The van der Waals surface area contributed by atoms with Gasteiger partial charge in [-0.2, -0.15) is 5.10 Å². The van der Waals surface area contributed by atoms with Crippen LogP contribution in [0.1, 0.15) is 42.7 Å². The molecule has 6 heteroatoms. The van der Waals surface area contributed by atoms with Crippen LogP contribution in [-0.2, 0) is 7.05 Å². The molecule has 3 aromatic rings. The van der Waals surface area contributed by atoms with E-state index in [9.17, 15) is 4.79 Å². The Kier molecular flexibility index (Phi) is 5.99. The van der Waals surface area contributed by atoms with Crippen LogP contribution < -0.4 is 15.4 Å². The second kappa shape index (κ2) is 8.61. The maximum absolute atomic E-state index is 12.7. The molecule has 1 amide bonds. The van der Waals surface area contributed by atoms with Crippen LogP contribution >= 0.6 is 0 Å². The topological polar surface area (TPSA) is 68.2 Å². The van der Waals surface area contributed by atoms with Crippen molar-refractivity contribution in [3.63, 3.8) is 0 Å². The first-order valence-electron chi connectivity index (χ1n) is 9.34. The van der Waals surface area contributed by atoms with Gasteiger partial charge < -0.3 is 15.4 Å². The fourth-order valence-electron chi connectivity index (χ4n) is 2.88. The normalized spacial score (nSPS) is 11.9. The number of amides is 1. The number of anilines is 2. The van der Waals surface area contributed by atoms with E-state index < -0.39 is 0 Å². The number of aryl methyl sites for hydroxylation is 1. The Bertz CT molecular complexity index is 949. The summed E-state index contributed by atoms with van der Waals surface area (Å²) in [5.41, 5.74) is 3.29. The number of nitrogens with one attached hydrogen (secondary N) is 2. The highest BCUT2D eigenvalue weighted by atomic mass is 16.5. The van der Waals surface area contributed by atoms with Gasteiger partial charge in [-0.1, -0.05) is 18.2 Å². The van der Waals surface area contributed by atoms with Crippen molar-refractivity contribution < 1.29 is 9.53 Å². The smallest absolute Gasteiger partial charge is 0.251 e. The van der Waals surface area contributed by atoms with Crippen LogP contribution in [0.4, 0.5) is 11.4 Å². The molecule has 146 valence electrons. The third-order valence-electron chi connectivity index (χ3n) is 4.20. The second-order valence-electron chi connectivity index (χ2n) is 7.04.